The van der Waals surface area contributed by atoms with Crippen LogP contribution in [0.2, 0.25) is 0 Å². The van der Waals surface area contributed by atoms with Crippen molar-refractivity contribution in [1.82, 2.24) is 0 Å². The number of benzene rings is 1. The second-order valence-corrected chi connectivity index (χ2v) is 6.52. The normalized spacial score (nSPS) is 19.0. The summed E-state index contributed by atoms with van der Waals surface area (Å²) in [7, 11) is 0. The monoisotopic (exact) mass is 308 g/mol. The summed E-state index contributed by atoms with van der Waals surface area (Å²) in [5, 5.41) is 0. The van der Waals surface area contributed by atoms with Gasteiger partial charge in [-0.05, 0) is 48.6 Å². The number of ketones is 1. The Bertz CT molecular complexity index is 498. The minimum absolute atomic E-state index is 0.0493. The van der Waals surface area contributed by atoms with Gasteiger partial charge in [-0.2, -0.15) is 0 Å². The predicted molar refractivity (Wildman–Crippen MR) is 75.5 cm³/mol. The molecule has 18 heavy (non-hydrogen) atoms. The molecule has 0 aliphatic heterocycles. The lowest BCUT2D eigenvalue weighted by molar-refractivity contribution is -0.120. The largest absolute Gasteiger partial charge is 0.454 e. The Morgan fingerprint density at radius 3 is 2.33 bits per heavy atom. The second-order valence-electron chi connectivity index (χ2n) is 5.61. The van der Waals surface area contributed by atoms with E-state index in [-0.39, 0.29) is 11.2 Å². The number of halogens is 1. The number of carbonyl (C=O) groups is 1. The summed E-state index contributed by atoms with van der Waals surface area (Å²) in [6, 6.07) is 7.53. The maximum Gasteiger partial charge on any atom is 0.198 e. The molecule has 2 rings (SSSR count). The number of ether oxygens (including phenoxy) is 1. The Kier molecular flexibility index (Phi) is 3.62. The van der Waals surface area contributed by atoms with Gasteiger partial charge in [0.2, 0.25) is 0 Å². The molecule has 0 atom stereocenters. The summed E-state index contributed by atoms with van der Waals surface area (Å²) in [5.74, 6) is 1.34. The molecule has 3 heteroatoms. The van der Waals surface area contributed by atoms with E-state index in [1.165, 1.54) is 0 Å². The lowest BCUT2D eigenvalue weighted by atomic mass is 9.76. The fourth-order valence-electron chi connectivity index (χ4n) is 2.38. The molecule has 0 amide bonds. The van der Waals surface area contributed by atoms with Gasteiger partial charge in [0.05, 0.1) is 0 Å². The molecule has 1 aromatic carbocycles. The first-order valence-corrected chi connectivity index (χ1v) is 6.83. The maximum atomic E-state index is 12.1. The number of rotatable bonds is 2. The van der Waals surface area contributed by atoms with Gasteiger partial charge < -0.3 is 4.74 Å². The second kappa shape index (κ2) is 4.88. The maximum absolute atomic E-state index is 12.1. The molecule has 0 saturated heterocycles. The Morgan fingerprint density at radius 2 is 1.78 bits per heavy atom. The number of hydrogen-bond donors (Lipinski definition) is 0. The predicted octanol–water partition coefficient (Wildman–Crippen LogP) is 4.49. The number of allylic oxidation sites excluding steroid dienone is 2. The van der Waals surface area contributed by atoms with Gasteiger partial charge in [0, 0.05) is 10.9 Å². The standard InChI is InChI=1S/C15H17BrO2/c1-10-8-15(2,3)9-13(17)14(10)18-12-6-4-11(16)5-7-12/h4-7H,8-9H2,1-3H3. The van der Waals surface area contributed by atoms with Crippen molar-refractivity contribution in [2.24, 2.45) is 5.41 Å². The topological polar surface area (TPSA) is 26.3 Å². The molecular weight excluding hydrogens is 292 g/mol. The molecular formula is C15H17BrO2. The van der Waals surface area contributed by atoms with Crippen molar-refractivity contribution >= 4 is 21.7 Å². The smallest absolute Gasteiger partial charge is 0.198 e. The van der Waals surface area contributed by atoms with Crippen LogP contribution in [0.5, 0.6) is 5.75 Å². The van der Waals surface area contributed by atoms with Gasteiger partial charge in [-0.25, -0.2) is 0 Å². The van der Waals surface area contributed by atoms with E-state index in [2.05, 4.69) is 29.8 Å². The van der Waals surface area contributed by atoms with Gasteiger partial charge >= 0.3 is 0 Å². The molecule has 0 unspecified atom stereocenters. The van der Waals surface area contributed by atoms with Crippen LogP contribution in [0.1, 0.15) is 33.6 Å². The lowest BCUT2D eigenvalue weighted by Crippen LogP contribution is -2.27. The average molecular weight is 309 g/mol. The van der Waals surface area contributed by atoms with Gasteiger partial charge in [0.1, 0.15) is 5.75 Å². The van der Waals surface area contributed by atoms with Crippen LogP contribution < -0.4 is 4.74 Å². The van der Waals surface area contributed by atoms with Crippen LogP contribution in [0.25, 0.3) is 0 Å². The van der Waals surface area contributed by atoms with E-state index in [1.807, 2.05) is 31.2 Å². The zero-order chi connectivity index (χ0) is 13.3. The molecule has 0 aromatic heterocycles. The van der Waals surface area contributed by atoms with Crippen molar-refractivity contribution in [1.29, 1.82) is 0 Å². The van der Waals surface area contributed by atoms with E-state index in [0.29, 0.717) is 17.9 Å². The van der Waals surface area contributed by atoms with E-state index in [0.717, 1.165) is 16.5 Å². The first kappa shape index (κ1) is 13.3. The van der Waals surface area contributed by atoms with Gasteiger partial charge in [0.15, 0.2) is 11.5 Å². The van der Waals surface area contributed by atoms with Crippen molar-refractivity contribution < 1.29 is 9.53 Å². The van der Waals surface area contributed by atoms with Crippen molar-refractivity contribution in [3.8, 4) is 5.75 Å². The highest BCUT2D eigenvalue weighted by Gasteiger charge is 2.32. The summed E-state index contributed by atoms with van der Waals surface area (Å²) in [4.78, 5) is 12.1. The molecule has 0 saturated carbocycles. The minimum Gasteiger partial charge on any atom is -0.454 e. The van der Waals surface area contributed by atoms with Crippen LogP contribution in [0.15, 0.2) is 40.1 Å². The van der Waals surface area contributed by atoms with Crippen molar-refractivity contribution in [2.75, 3.05) is 0 Å². The van der Waals surface area contributed by atoms with Gasteiger partial charge in [-0.1, -0.05) is 29.8 Å². The molecule has 0 spiro atoms. The van der Waals surface area contributed by atoms with Crippen molar-refractivity contribution in [3.05, 3.63) is 40.1 Å². The summed E-state index contributed by atoms with van der Waals surface area (Å²) in [5.41, 5.74) is 1.09. The highest BCUT2D eigenvalue weighted by Crippen LogP contribution is 2.37. The summed E-state index contributed by atoms with van der Waals surface area (Å²) >= 11 is 3.37. The number of carbonyl (C=O) groups excluding carboxylic acids is 1. The van der Waals surface area contributed by atoms with E-state index in [9.17, 15) is 4.79 Å². The van der Waals surface area contributed by atoms with E-state index >= 15 is 0 Å². The SMILES string of the molecule is CC1=C(Oc2ccc(Br)cc2)C(=O)CC(C)(C)C1. The fourth-order valence-corrected chi connectivity index (χ4v) is 2.64. The van der Waals surface area contributed by atoms with Crippen LogP contribution in [0.4, 0.5) is 0 Å². The fraction of sp³-hybridized carbons (Fsp3) is 0.400. The van der Waals surface area contributed by atoms with Crippen molar-refractivity contribution in [2.45, 2.75) is 33.6 Å². The summed E-state index contributed by atoms with van der Waals surface area (Å²) < 4.78 is 6.73. The van der Waals surface area contributed by atoms with E-state index in [1.54, 1.807) is 0 Å². The Balaban J connectivity index is 2.23. The summed E-state index contributed by atoms with van der Waals surface area (Å²) in [6.45, 7) is 6.21. The van der Waals surface area contributed by atoms with Crippen LogP contribution in [0, 0.1) is 5.41 Å². The zero-order valence-corrected chi connectivity index (χ0v) is 12.5. The highest BCUT2D eigenvalue weighted by atomic mass is 79.9. The number of hydrogen-bond acceptors (Lipinski definition) is 2. The Labute approximate surface area is 116 Å². The minimum atomic E-state index is 0.0493. The molecule has 0 fully saturated rings. The quantitative estimate of drug-likeness (QED) is 0.804. The highest BCUT2D eigenvalue weighted by molar-refractivity contribution is 9.10. The Hall–Kier alpha value is -1.09. The molecule has 0 heterocycles. The first-order chi connectivity index (χ1) is 8.37. The van der Waals surface area contributed by atoms with Crippen LogP contribution in [0.3, 0.4) is 0 Å². The number of Topliss-reactive ketones (excluding diaryl/α,β-unsaturated/α-hetero) is 1. The first-order valence-electron chi connectivity index (χ1n) is 6.04. The lowest BCUT2D eigenvalue weighted by Gasteiger charge is -2.30. The van der Waals surface area contributed by atoms with Crippen LogP contribution >= 0.6 is 15.9 Å². The van der Waals surface area contributed by atoms with Gasteiger partial charge in [0.25, 0.3) is 0 Å². The Morgan fingerprint density at radius 1 is 1.17 bits per heavy atom. The molecule has 1 aromatic rings. The third-order valence-corrected chi connectivity index (χ3v) is 3.59. The van der Waals surface area contributed by atoms with Crippen LogP contribution in [-0.2, 0) is 4.79 Å². The van der Waals surface area contributed by atoms with E-state index in [4.69, 9.17) is 4.74 Å². The molecule has 1 aliphatic carbocycles. The van der Waals surface area contributed by atoms with Crippen LogP contribution in [-0.4, -0.2) is 5.78 Å². The average Bonchev–Trinajstić information content (AvgIpc) is 2.24. The molecule has 1 aliphatic rings. The van der Waals surface area contributed by atoms with Gasteiger partial charge in [-0.15, -0.1) is 0 Å². The summed E-state index contributed by atoms with van der Waals surface area (Å²) in [6.07, 6.45) is 1.46. The third kappa shape index (κ3) is 3.02. The van der Waals surface area contributed by atoms with E-state index < -0.39 is 0 Å². The van der Waals surface area contributed by atoms with Gasteiger partial charge in [-0.3, -0.25) is 4.79 Å². The molecule has 96 valence electrons. The third-order valence-electron chi connectivity index (χ3n) is 3.06. The molecule has 0 N–H and O–H groups in total. The molecule has 0 radical (unpaired) electrons. The zero-order valence-electron chi connectivity index (χ0n) is 10.9. The molecule has 2 nitrogen and oxygen atoms in total. The molecule has 0 bridgehead atoms. The van der Waals surface area contributed by atoms with Crippen molar-refractivity contribution in [3.63, 3.8) is 0 Å².